The third-order valence-corrected chi connectivity index (χ3v) is 3.13. The highest BCUT2D eigenvalue weighted by atomic mass is 79.9. The first kappa shape index (κ1) is 15.1. The van der Waals surface area contributed by atoms with Crippen LogP contribution in [0.15, 0.2) is 4.42 Å². The molecule has 0 aliphatic rings. The lowest BCUT2D eigenvalue weighted by molar-refractivity contribution is 0.0570. The van der Waals surface area contributed by atoms with Crippen LogP contribution in [0.3, 0.4) is 0 Å². The number of furan rings is 1. The molecule has 0 spiro atoms. The smallest absolute Gasteiger partial charge is 0.257 e. The monoisotopic (exact) mass is 323 g/mol. The van der Waals surface area contributed by atoms with Crippen LogP contribution in [0, 0.1) is 20.8 Å². The lowest BCUT2D eigenvalue weighted by Gasteiger charge is -2.21. The lowest BCUT2D eigenvalue weighted by atomic mass is 10.1. The van der Waals surface area contributed by atoms with Crippen molar-refractivity contribution in [2.24, 2.45) is 0 Å². The van der Waals surface area contributed by atoms with Crippen LogP contribution in [0.1, 0.15) is 27.4 Å². The number of carbonyl (C=O) groups is 1. The predicted octanol–water partition coefficient (Wildman–Crippen LogP) is 3.31. The Hall–Kier alpha value is -0.910. The maximum atomic E-state index is 12.5. The first-order valence-corrected chi connectivity index (χ1v) is 6.70. The van der Waals surface area contributed by atoms with E-state index in [2.05, 4.69) is 15.9 Å². The van der Waals surface area contributed by atoms with Gasteiger partial charge in [0.1, 0.15) is 11.5 Å². The normalized spacial score (nSPS) is 11.1. The van der Waals surface area contributed by atoms with Crippen molar-refractivity contribution < 1.29 is 18.0 Å². The Bertz CT molecular complexity index is 432. The summed E-state index contributed by atoms with van der Waals surface area (Å²) in [6, 6.07) is 0. The minimum absolute atomic E-state index is 0.242. The van der Waals surface area contributed by atoms with Gasteiger partial charge in [-0.25, -0.2) is 8.78 Å². The van der Waals surface area contributed by atoms with Crippen LogP contribution in [0.5, 0.6) is 0 Å². The van der Waals surface area contributed by atoms with Crippen molar-refractivity contribution in [3.63, 3.8) is 0 Å². The van der Waals surface area contributed by atoms with E-state index in [0.29, 0.717) is 28.0 Å². The van der Waals surface area contributed by atoms with Crippen molar-refractivity contribution in [1.29, 1.82) is 0 Å². The summed E-state index contributed by atoms with van der Waals surface area (Å²) in [6.07, 6.45) is -2.54. The van der Waals surface area contributed by atoms with E-state index in [1.165, 1.54) is 0 Å². The average molecular weight is 324 g/mol. The molecule has 1 aromatic rings. The van der Waals surface area contributed by atoms with E-state index in [1.54, 1.807) is 20.8 Å². The molecule has 3 nitrogen and oxygen atoms in total. The van der Waals surface area contributed by atoms with Gasteiger partial charge in [0, 0.05) is 17.4 Å². The topological polar surface area (TPSA) is 33.5 Å². The second-order valence-electron chi connectivity index (χ2n) is 4.05. The van der Waals surface area contributed by atoms with E-state index >= 15 is 0 Å². The van der Waals surface area contributed by atoms with E-state index in [-0.39, 0.29) is 6.54 Å². The number of halogens is 3. The van der Waals surface area contributed by atoms with Gasteiger partial charge in [-0.05, 0) is 20.8 Å². The zero-order valence-corrected chi connectivity index (χ0v) is 12.2. The number of nitrogens with zero attached hydrogens (tertiary/aromatic N) is 1. The van der Waals surface area contributed by atoms with Gasteiger partial charge >= 0.3 is 0 Å². The van der Waals surface area contributed by atoms with Crippen LogP contribution < -0.4 is 0 Å². The molecule has 1 rings (SSSR count). The van der Waals surface area contributed by atoms with E-state index in [4.69, 9.17) is 4.42 Å². The molecular weight excluding hydrogens is 308 g/mol. The number of alkyl halides is 3. The van der Waals surface area contributed by atoms with Gasteiger partial charge in [-0.15, -0.1) is 0 Å². The Kier molecular flexibility index (Phi) is 5.31. The highest BCUT2D eigenvalue weighted by Crippen LogP contribution is 2.22. The zero-order valence-electron chi connectivity index (χ0n) is 10.6. The highest BCUT2D eigenvalue weighted by molar-refractivity contribution is 9.09. The molecule has 0 bridgehead atoms. The second-order valence-corrected chi connectivity index (χ2v) is 4.84. The lowest BCUT2D eigenvalue weighted by Crippen LogP contribution is -2.37. The predicted molar refractivity (Wildman–Crippen MR) is 68.6 cm³/mol. The van der Waals surface area contributed by atoms with Gasteiger partial charge in [-0.2, -0.15) is 0 Å². The van der Waals surface area contributed by atoms with Crippen molar-refractivity contribution in [2.45, 2.75) is 27.2 Å². The van der Waals surface area contributed by atoms with Crippen LogP contribution in [0.2, 0.25) is 0 Å². The SMILES string of the molecule is Cc1oc(C)c(C(=O)N(CCBr)CC(F)F)c1C. The first-order valence-electron chi connectivity index (χ1n) is 5.58. The van der Waals surface area contributed by atoms with E-state index < -0.39 is 18.9 Å². The summed E-state index contributed by atoms with van der Waals surface area (Å²) in [6.45, 7) is 4.86. The van der Waals surface area contributed by atoms with Crippen LogP contribution >= 0.6 is 15.9 Å². The second kappa shape index (κ2) is 6.31. The van der Waals surface area contributed by atoms with Crippen molar-refractivity contribution in [2.75, 3.05) is 18.4 Å². The van der Waals surface area contributed by atoms with Crippen LogP contribution in [-0.4, -0.2) is 35.7 Å². The molecule has 0 saturated heterocycles. The van der Waals surface area contributed by atoms with Crippen molar-refractivity contribution in [1.82, 2.24) is 4.90 Å². The highest BCUT2D eigenvalue weighted by Gasteiger charge is 2.25. The number of amides is 1. The summed E-state index contributed by atoms with van der Waals surface area (Å²) < 4.78 is 30.3. The van der Waals surface area contributed by atoms with Gasteiger partial charge in [0.05, 0.1) is 12.1 Å². The molecule has 0 saturated carbocycles. The Balaban J connectivity index is 3.01. The molecule has 1 heterocycles. The summed E-state index contributed by atoms with van der Waals surface area (Å²) in [5.41, 5.74) is 1.11. The van der Waals surface area contributed by atoms with Crippen LogP contribution in [0.4, 0.5) is 8.78 Å². The molecule has 18 heavy (non-hydrogen) atoms. The van der Waals surface area contributed by atoms with Gasteiger partial charge in [0.15, 0.2) is 0 Å². The fourth-order valence-corrected chi connectivity index (χ4v) is 2.24. The Morgan fingerprint density at radius 3 is 2.33 bits per heavy atom. The molecule has 0 unspecified atom stereocenters. The van der Waals surface area contributed by atoms with Crippen LogP contribution in [0.25, 0.3) is 0 Å². The molecule has 0 aliphatic carbocycles. The fraction of sp³-hybridized carbons (Fsp3) is 0.583. The number of rotatable bonds is 5. The van der Waals surface area contributed by atoms with Crippen molar-refractivity contribution >= 4 is 21.8 Å². The van der Waals surface area contributed by atoms with Crippen molar-refractivity contribution in [3.8, 4) is 0 Å². The minimum atomic E-state index is -2.54. The largest absolute Gasteiger partial charge is 0.466 e. The summed E-state index contributed by atoms with van der Waals surface area (Å²) >= 11 is 3.16. The maximum Gasteiger partial charge on any atom is 0.257 e. The van der Waals surface area contributed by atoms with Gasteiger partial charge in [0.25, 0.3) is 12.3 Å². The number of carbonyl (C=O) groups excluding carboxylic acids is 1. The first-order chi connectivity index (χ1) is 8.38. The molecule has 1 amide bonds. The molecule has 0 N–H and O–H groups in total. The van der Waals surface area contributed by atoms with Crippen LogP contribution in [-0.2, 0) is 0 Å². The van der Waals surface area contributed by atoms with E-state index in [0.717, 1.165) is 4.90 Å². The standard InChI is InChI=1S/C12H16BrF2NO2/c1-7-8(2)18-9(3)11(7)12(17)16(5-4-13)6-10(14)15/h10H,4-6H2,1-3H3. The maximum absolute atomic E-state index is 12.5. The molecule has 0 atom stereocenters. The molecule has 0 aliphatic heterocycles. The van der Waals surface area contributed by atoms with E-state index in [1.807, 2.05) is 0 Å². The molecule has 0 fully saturated rings. The zero-order chi connectivity index (χ0) is 13.9. The summed E-state index contributed by atoms with van der Waals surface area (Å²) in [4.78, 5) is 13.4. The third-order valence-electron chi connectivity index (χ3n) is 2.78. The quantitative estimate of drug-likeness (QED) is 0.779. The van der Waals surface area contributed by atoms with Gasteiger partial charge < -0.3 is 9.32 Å². The summed E-state index contributed by atoms with van der Waals surface area (Å²) in [5, 5.41) is 0.459. The molecule has 0 radical (unpaired) electrons. The summed E-state index contributed by atoms with van der Waals surface area (Å²) in [5.74, 6) is 0.720. The number of hydrogen-bond donors (Lipinski definition) is 0. The molecule has 6 heteroatoms. The summed E-state index contributed by atoms with van der Waals surface area (Å²) in [7, 11) is 0. The average Bonchev–Trinajstić information content (AvgIpc) is 2.51. The van der Waals surface area contributed by atoms with Gasteiger partial charge in [0.2, 0.25) is 0 Å². The fourth-order valence-electron chi connectivity index (χ4n) is 1.81. The molecule has 102 valence electrons. The van der Waals surface area contributed by atoms with Gasteiger partial charge in [-0.1, -0.05) is 15.9 Å². The Labute approximate surface area is 113 Å². The molecule has 1 aromatic heterocycles. The van der Waals surface area contributed by atoms with Crippen molar-refractivity contribution in [3.05, 3.63) is 22.6 Å². The Morgan fingerprint density at radius 2 is 1.94 bits per heavy atom. The third kappa shape index (κ3) is 3.31. The van der Waals surface area contributed by atoms with E-state index in [9.17, 15) is 13.6 Å². The number of hydrogen-bond acceptors (Lipinski definition) is 2. The number of aryl methyl sites for hydroxylation is 2. The minimum Gasteiger partial charge on any atom is -0.466 e. The molecular formula is C12H16BrF2NO2. The Morgan fingerprint density at radius 1 is 1.33 bits per heavy atom. The molecule has 0 aromatic carbocycles. The van der Waals surface area contributed by atoms with Gasteiger partial charge in [-0.3, -0.25) is 4.79 Å².